The third kappa shape index (κ3) is 18.3. The first kappa shape index (κ1) is 59.3. The summed E-state index contributed by atoms with van der Waals surface area (Å²) in [5.41, 5.74) is 17.7. The Morgan fingerprint density at radius 1 is 0.763 bits per heavy atom. The summed E-state index contributed by atoms with van der Waals surface area (Å²) >= 11 is 0. The second-order valence-electron chi connectivity index (χ2n) is 18.8. The lowest BCUT2D eigenvalue weighted by molar-refractivity contribution is -0.137. The Balaban J connectivity index is 1.58. The number of nitrogens with two attached hydrogens (primary N) is 3. The Kier molecular flexibility index (Phi) is 22.5. The third-order valence-corrected chi connectivity index (χ3v) is 14.6. The van der Waals surface area contributed by atoms with E-state index in [1.807, 2.05) is 31.2 Å². The van der Waals surface area contributed by atoms with Crippen LogP contribution in [0, 0.1) is 0 Å². The number of unbranched alkanes of at least 4 members (excludes halogenated alkanes) is 1. The lowest BCUT2D eigenvalue weighted by atomic mass is 10.0. The van der Waals surface area contributed by atoms with E-state index in [-0.39, 0.29) is 62.5 Å². The molecule has 410 valence electrons. The maximum Gasteiger partial charge on any atom is 0.245 e. The first-order valence-electron chi connectivity index (χ1n) is 24.8. The number of nitrogens with zero attached hydrogens (tertiary/aromatic N) is 2. The number of aliphatic imine (C=N–C) groups is 1. The van der Waals surface area contributed by atoms with E-state index in [1.54, 1.807) is 36.5 Å². The van der Waals surface area contributed by atoms with E-state index in [2.05, 4.69) is 62.5 Å². The van der Waals surface area contributed by atoms with Crippen molar-refractivity contribution in [3.63, 3.8) is 0 Å². The van der Waals surface area contributed by atoms with Gasteiger partial charge in [-0.25, -0.2) is 4.98 Å². The number of fused-ring (bicyclic) bond motifs is 1. The minimum absolute atomic E-state index is 0.0487. The molecule has 9 amide bonds. The topological polar surface area (TPSA) is 385 Å². The smallest absolute Gasteiger partial charge is 0.245 e. The molecule has 0 aliphatic carbocycles. The van der Waals surface area contributed by atoms with Crippen molar-refractivity contribution in [3.8, 4) is 0 Å². The maximum absolute atomic E-state index is 14.7. The number of para-hydroxylation sites is 1. The molecular weight excluding hydrogens is 1020 g/mol. The van der Waals surface area contributed by atoms with Gasteiger partial charge in [-0.2, -0.15) is 0 Å². The largest absolute Gasteiger partial charge is 0.370 e. The molecule has 5 rings (SSSR count). The van der Waals surface area contributed by atoms with Crippen molar-refractivity contribution in [2.75, 3.05) is 18.1 Å². The van der Waals surface area contributed by atoms with Gasteiger partial charge in [-0.15, -0.1) is 0 Å². The third-order valence-electron chi connectivity index (χ3n) is 12.2. The van der Waals surface area contributed by atoms with Crippen LogP contribution in [0.5, 0.6) is 0 Å². The fourth-order valence-corrected chi connectivity index (χ4v) is 10.4. The normalized spacial score (nSPS) is 21.8. The van der Waals surface area contributed by atoms with Gasteiger partial charge >= 0.3 is 0 Å². The van der Waals surface area contributed by atoms with Crippen LogP contribution in [0.25, 0.3) is 10.9 Å². The van der Waals surface area contributed by atoms with Crippen molar-refractivity contribution in [1.82, 2.24) is 57.5 Å². The minimum atomic E-state index is -1.76. The molecule has 1 fully saturated rings. The Labute approximate surface area is 447 Å². The van der Waals surface area contributed by atoms with Crippen molar-refractivity contribution in [2.45, 2.75) is 127 Å². The maximum atomic E-state index is 14.7. The zero-order valence-electron chi connectivity index (χ0n) is 42.9. The highest BCUT2D eigenvalue weighted by Gasteiger charge is 2.38. The number of amides is 9. The number of imidazole rings is 1. The SMILES string of the molecule is CCCC[C@H](NC(C)=O)C(=O)N[C@H]1CSSC[C@@H](C(N)=O)NC(=O)[C@H](Cc2c[nH]c3ccccc23)NC(=O)[C@H](CCCN=C(N)N)NC(=O)[C@@H](Cc2ccccc2)NC(=O)[C@H](Cc2cnc[nH]2)NC(=O)C(C)(C)NC1=O. The molecule has 0 unspecified atom stereocenters. The van der Waals surface area contributed by atoms with Gasteiger partial charge in [0.15, 0.2) is 5.96 Å². The molecule has 3 heterocycles. The van der Waals surface area contributed by atoms with Gasteiger partial charge in [-0.1, -0.05) is 89.9 Å². The zero-order chi connectivity index (χ0) is 55.4. The van der Waals surface area contributed by atoms with Crippen molar-refractivity contribution in [1.29, 1.82) is 0 Å². The first-order chi connectivity index (χ1) is 36.2. The quantitative estimate of drug-likeness (QED) is 0.0271. The Morgan fingerprint density at radius 2 is 1.39 bits per heavy atom. The summed E-state index contributed by atoms with van der Waals surface area (Å²) in [5, 5.41) is 22.5. The highest BCUT2D eigenvalue weighted by Crippen LogP contribution is 2.25. The van der Waals surface area contributed by atoms with Gasteiger partial charge in [0.2, 0.25) is 53.2 Å². The first-order valence-corrected chi connectivity index (χ1v) is 27.3. The molecule has 7 atom stereocenters. The number of aromatic nitrogens is 3. The zero-order valence-corrected chi connectivity index (χ0v) is 44.5. The predicted octanol–water partition coefficient (Wildman–Crippen LogP) is -0.649. The van der Waals surface area contributed by atoms with E-state index in [0.717, 1.165) is 32.5 Å². The molecule has 0 spiro atoms. The number of carbonyl (C=O) groups is 9. The molecule has 1 saturated heterocycles. The highest BCUT2D eigenvalue weighted by molar-refractivity contribution is 8.76. The molecule has 2 aromatic carbocycles. The average molecular weight is 1090 g/mol. The predicted molar refractivity (Wildman–Crippen MR) is 289 cm³/mol. The van der Waals surface area contributed by atoms with E-state index in [9.17, 15) is 43.2 Å². The Bertz CT molecular complexity index is 2680. The number of primary amides is 1. The highest BCUT2D eigenvalue weighted by atomic mass is 33.1. The van der Waals surface area contributed by atoms with Crippen LogP contribution in [0.1, 0.15) is 76.6 Å². The van der Waals surface area contributed by atoms with Gasteiger partial charge < -0.3 is 69.7 Å². The van der Waals surface area contributed by atoms with Gasteiger partial charge in [0.05, 0.1) is 6.33 Å². The van der Waals surface area contributed by atoms with E-state index in [0.29, 0.717) is 29.7 Å². The van der Waals surface area contributed by atoms with Crippen LogP contribution in [-0.2, 0) is 62.4 Å². The number of hydrogen-bond donors (Lipinski definition) is 13. The molecule has 16 N–H and O–H groups in total. The standard InChI is InChI=1S/C50H69N15O9S2/c1-5-6-16-34(58-28(2)66)42(68)63-40-26-76-75-25-39(41(51)67)62-45(71)37(21-30-23-56-33-17-11-10-15-32(30)33)61-43(69)35(18-12-19-55-49(52)53)59-44(70)36(20-29-13-8-7-9-14-29)60-46(72)38(22-31-24-54-27-57-31)64-48(74)50(3,4)65-47(40)73/h7-11,13-15,17,23-24,27,34-40,56H,5-6,12,16,18-22,25-26H2,1-4H3,(H2,51,67)(H,54,57)(H,58,66)(H,59,70)(H,60,72)(H,61,69)(H,62,71)(H,63,68)(H,64,74)(H,65,73)(H4,52,53,55)/t34-,35-,36+,37-,38-,39-,40-/m0/s1. The summed E-state index contributed by atoms with van der Waals surface area (Å²) in [6.45, 7) is 6.03. The van der Waals surface area contributed by atoms with Crippen molar-refractivity contribution in [2.24, 2.45) is 22.2 Å². The number of benzene rings is 2. The molecule has 0 bridgehead atoms. The molecule has 1 aliphatic rings. The van der Waals surface area contributed by atoms with E-state index < -0.39 is 101 Å². The number of nitrogens with one attached hydrogen (secondary N) is 10. The number of rotatable bonds is 17. The molecule has 24 nitrogen and oxygen atoms in total. The van der Waals surface area contributed by atoms with Crippen LogP contribution in [-0.4, -0.2) is 140 Å². The van der Waals surface area contributed by atoms with Crippen LogP contribution in [0.3, 0.4) is 0 Å². The summed E-state index contributed by atoms with van der Waals surface area (Å²) in [5.74, 6) is -7.40. The average Bonchev–Trinajstić information content (AvgIpc) is 4.05. The van der Waals surface area contributed by atoms with Gasteiger partial charge in [0.25, 0.3) is 0 Å². The number of carbonyl (C=O) groups excluding carboxylic acids is 9. The van der Waals surface area contributed by atoms with Crippen LogP contribution < -0.4 is 59.7 Å². The lowest BCUT2D eigenvalue weighted by Crippen LogP contribution is -2.63. The van der Waals surface area contributed by atoms with Gasteiger partial charge in [0.1, 0.15) is 47.8 Å². The van der Waals surface area contributed by atoms with Crippen molar-refractivity contribution in [3.05, 3.63) is 90.1 Å². The number of aromatic amines is 2. The Morgan fingerprint density at radius 3 is 2.05 bits per heavy atom. The molecule has 76 heavy (non-hydrogen) atoms. The molecule has 0 radical (unpaired) electrons. The number of H-pyrrole nitrogens is 2. The summed E-state index contributed by atoms with van der Waals surface area (Å²) in [4.78, 5) is 140. The monoisotopic (exact) mass is 1090 g/mol. The number of hydrogen-bond acceptors (Lipinski definition) is 13. The second-order valence-corrected chi connectivity index (χ2v) is 21.3. The van der Waals surface area contributed by atoms with E-state index in [1.165, 1.54) is 33.3 Å². The van der Waals surface area contributed by atoms with Crippen LogP contribution >= 0.6 is 21.6 Å². The fourth-order valence-electron chi connectivity index (χ4n) is 8.07. The van der Waals surface area contributed by atoms with Crippen LogP contribution in [0.4, 0.5) is 0 Å². The van der Waals surface area contributed by atoms with E-state index in [4.69, 9.17) is 17.2 Å². The summed E-state index contributed by atoms with van der Waals surface area (Å²) in [6, 6.07) is 6.88. The lowest BCUT2D eigenvalue weighted by Gasteiger charge is -2.31. The molecule has 26 heteroatoms. The summed E-state index contributed by atoms with van der Waals surface area (Å²) < 4.78 is 0. The van der Waals surface area contributed by atoms with Crippen molar-refractivity contribution >= 4 is 91.6 Å². The molecule has 4 aromatic rings. The van der Waals surface area contributed by atoms with Crippen LogP contribution in [0.2, 0.25) is 0 Å². The fraction of sp³-hybridized carbons (Fsp3) is 0.460. The van der Waals surface area contributed by atoms with Gasteiger partial charge in [-0.05, 0) is 50.3 Å². The Hall–Kier alpha value is -7.61. The van der Waals surface area contributed by atoms with Crippen molar-refractivity contribution < 1.29 is 43.2 Å². The number of guanidine groups is 1. The molecule has 0 saturated carbocycles. The van der Waals surface area contributed by atoms with Crippen LogP contribution in [0.15, 0.2) is 78.3 Å². The summed E-state index contributed by atoms with van der Waals surface area (Å²) in [6.07, 6.45) is 5.86. The minimum Gasteiger partial charge on any atom is -0.370 e. The second kappa shape index (κ2) is 28.9. The van der Waals surface area contributed by atoms with Gasteiger partial charge in [-0.3, -0.25) is 48.1 Å². The molecule has 2 aromatic heterocycles. The van der Waals surface area contributed by atoms with E-state index >= 15 is 0 Å². The molecular formula is C50H69N15O9S2. The molecule has 1 aliphatic heterocycles. The van der Waals surface area contributed by atoms with Gasteiger partial charge in [0, 0.05) is 73.2 Å². The summed E-state index contributed by atoms with van der Waals surface area (Å²) in [7, 11) is 2.09.